The van der Waals surface area contributed by atoms with Gasteiger partial charge in [-0.2, -0.15) is 0 Å². The first-order chi connectivity index (χ1) is 29.0. The maximum Gasteiger partial charge on any atom is 0.306 e. The van der Waals surface area contributed by atoms with E-state index in [1.165, 1.54) is 128 Å². The number of unbranched alkanes of at least 4 members (excludes halogenated alkanes) is 26. The largest absolute Gasteiger partial charge is 0.462 e. The number of allylic oxidation sites excluding steroid dienone is 8. The van der Waals surface area contributed by atoms with Crippen LogP contribution in [0.4, 0.5) is 0 Å². The zero-order valence-corrected chi connectivity index (χ0v) is 39.0. The van der Waals surface area contributed by atoms with Gasteiger partial charge in [-0.05, 0) is 83.5 Å². The molecule has 0 N–H and O–H groups in total. The van der Waals surface area contributed by atoms with Gasteiger partial charge in [0.25, 0.3) is 0 Å². The summed E-state index contributed by atoms with van der Waals surface area (Å²) in [6, 6.07) is 0. The van der Waals surface area contributed by atoms with Crippen LogP contribution in [0.3, 0.4) is 0 Å². The number of hydrogen-bond donors (Lipinski definition) is 0. The van der Waals surface area contributed by atoms with Crippen molar-refractivity contribution in [1.29, 1.82) is 0 Å². The van der Waals surface area contributed by atoms with Gasteiger partial charge in [-0.25, -0.2) is 0 Å². The average Bonchev–Trinajstić information content (AvgIpc) is 3.23. The lowest BCUT2D eigenvalue weighted by molar-refractivity contribution is -0.167. The number of rotatable bonds is 45. The number of esters is 3. The quantitative estimate of drug-likeness (QED) is 0.0263. The smallest absolute Gasteiger partial charge is 0.306 e. The van der Waals surface area contributed by atoms with Gasteiger partial charge in [-0.3, -0.25) is 14.4 Å². The molecule has 0 amide bonds. The van der Waals surface area contributed by atoms with Gasteiger partial charge >= 0.3 is 17.9 Å². The molecule has 0 aromatic carbocycles. The van der Waals surface area contributed by atoms with Crippen molar-refractivity contribution in [2.24, 2.45) is 0 Å². The van der Waals surface area contributed by atoms with E-state index in [0.29, 0.717) is 19.3 Å². The maximum absolute atomic E-state index is 12.7. The fourth-order valence-electron chi connectivity index (χ4n) is 6.97. The minimum atomic E-state index is -0.776. The van der Waals surface area contributed by atoms with E-state index in [4.69, 9.17) is 14.2 Å². The van der Waals surface area contributed by atoms with E-state index in [1.807, 2.05) is 0 Å². The van der Waals surface area contributed by atoms with E-state index < -0.39 is 6.10 Å². The zero-order chi connectivity index (χ0) is 43.0. The Hall–Kier alpha value is -2.63. The summed E-state index contributed by atoms with van der Waals surface area (Å²) in [5.41, 5.74) is 0. The second-order valence-electron chi connectivity index (χ2n) is 16.7. The van der Waals surface area contributed by atoms with Gasteiger partial charge in [0.2, 0.25) is 0 Å². The molecule has 0 saturated heterocycles. The monoisotopic (exact) mass is 827 g/mol. The summed E-state index contributed by atoms with van der Waals surface area (Å²) < 4.78 is 16.7. The first kappa shape index (κ1) is 56.4. The van der Waals surface area contributed by atoms with Crippen LogP contribution in [0.25, 0.3) is 0 Å². The Morgan fingerprint density at radius 2 is 0.610 bits per heavy atom. The predicted molar refractivity (Wildman–Crippen MR) is 252 cm³/mol. The number of hydrogen-bond acceptors (Lipinski definition) is 6. The summed E-state index contributed by atoms with van der Waals surface area (Å²) in [7, 11) is 0. The molecule has 0 saturated carbocycles. The number of ether oxygens (including phenoxy) is 3. The lowest BCUT2D eigenvalue weighted by atomic mass is 10.1. The van der Waals surface area contributed by atoms with E-state index in [0.717, 1.165) is 83.5 Å². The zero-order valence-electron chi connectivity index (χ0n) is 39.0. The molecule has 0 heterocycles. The molecule has 0 radical (unpaired) electrons. The molecule has 0 aliphatic rings. The molecule has 0 aliphatic carbocycles. The average molecular weight is 827 g/mol. The summed E-state index contributed by atoms with van der Waals surface area (Å²) in [6.07, 6.45) is 56.7. The highest BCUT2D eigenvalue weighted by Crippen LogP contribution is 2.14. The summed E-state index contributed by atoms with van der Waals surface area (Å²) in [5.74, 6) is -0.896. The number of carbonyl (C=O) groups excluding carboxylic acids is 3. The van der Waals surface area contributed by atoms with Crippen molar-refractivity contribution in [3.8, 4) is 0 Å². The van der Waals surface area contributed by atoms with Gasteiger partial charge in [0, 0.05) is 19.3 Å². The molecule has 1 atom stereocenters. The van der Waals surface area contributed by atoms with Crippen molar-refractivity contribution in [1.82, 2.24) is 0 Å². The highest BCUT2D eigenvalue weighted by atomic mass is 16.6. The molecule has 0 rings (SSSR count). The van der Waals surface area contributed by atoms with Gasteiger partial charge in [0.1, 0.15) is 13.2 Å². The molecule has 0 bridgehead atoms. The van der Waals surface area contributed by atoms with Gasteiger partial charge in [-0.15, -0.1) is 0 Å². The van der Waals surface area contributed by atoms with Crippen LogP contribution in [0, 0.1) is 0 Å². The van der Waals surface area contributed by atoms with Gasteiger partial charge in [0.05, 0.1) is 0 Å². The molecule has 6 nitrogen and oxygen atoms in total. The first-order valence-corrected chi connectivity index (χ1v) is 25.1. The van der Waals surface area contributed by atoms with E-state index in [-0.39, 0.29) is 31.1 Å². The van der Waals surface area contributed by atoms with Crippen LogP contribution in [0.2, 0.25) is 0 Å². The van der Waals surface area contributed by atoms with E-state index in [9.17, 15) is 14.4 Å². The Labute approximate surface area is 365 Å². The third kappa shape index (κ3) is 46.3. The minimum absolute atomic E-state index is 0.0781. The van der Waals surface area contributed by atoms with Gasteiger partial charge < -0.3 is 14.2 Å². The first-order valence-electron chi connectivity index (χ1n) is 25.1. The molecule has 0 aliphatic heterocycles. The second-order valence-corrected chi connectivity index (χ2v) is 16.7. The molecule has 0 fully saturated rings. The minimum Gasteiger partial charge on any atom is -0.462 e. The van der Waals surface area contributed by atoms with Crippen LogP contribution < -0.4 is 0 Å². The van der Waals surface area contributed by atoms with Crippen LogP contribution in [0.15, 0.2) is 48.6 Å². The third-order valence-electron chi connectivity index (χ3n) is 10.8. The normalized spacial score (nSPS) is 12.4. The second kappa shape index (κ2) is 48.0. The predicted octanol–water partition coefficient (Wildman–Crippen LogP) is 16.3. The standard InChI is InChI=1S/C53H94O6/c1-4-7-10-13-16-18-20-22-24-26-28-30-32-34-37-40-43-46-52(55)58-49-50(48-57-51(54)45-42-39-36-15-12-9-6-3)59-53(56)47-44-41-38-35-33-31-29-27-25-23-21-19-17-14-11-8-5-2/h16-19,22-25,50H,4-15,20-21,26-49H2,1-3H3/b18-16-,19-17-,24-22-,25-23-. The van der Waals surface area contributed by atoms with Gasteiger partial charge in [-0.1, -0.05) is 198 Å². The lowest BCUT2D eigenvalue weighted by Crippen LogP contribution is -2.30. The topological polar surface area (TPSA) is 78.9 Å². The molecule has 6 heteroatoms. The molecule has 0 aromatic heterocycles. The third-order valence-corrected chi connectivity index (χ3v) is 10.8. The fraction of sp³-hybridized carbons (Fsp3) is 0.792. The van der Waals surface area contributed by atoms with E-state index >= 15 is 0 Å². The maximum atomic E-state index is 12.7. The highest BCUT2D eigenvalue weighted by molar-refractivity contribution is 5.71. The van der Waals surface area contributed by atoms with Crippen molar-refractivity contribution in [3.63, 3.8) is 0 Å². The number of carbonyl (C=O) groups is 3. The summed E-state index contributed by atoms with van der Waals surface area (Å²) in [6.45, 7) is 6.54. The summed E-state index contributed by atoms with van der Waals surface area (Å²) in [4.78, 5) is 37.8. The SMILES string of the molecule is CCCCC/C=C\C/C=C\CCCCCCCCCC(=O)OCC(COC(=O)CCCCCCCCC)OC(=O)CCCCCCCCC/C=C\C/C=C\CCCCC. The molecule has 0 spiro atoms. The summed E-state index contributed by atoms with van der Waals surface area (Å²) in [5, 5.41) is 0. The van der Waals surface area contributed by atoms with Crippen LogP contribution in [-0.4, -0.2) is 37.2 Å². The highest BCUT2D eigenvalue weighted by Gasteiger charge is 2.19. The fourth-order valence-corrected chi connectivity index (χ4v) is 6.97. The van der Waals surface area contributed by atoms with Crippen molar-refractivity contribution in [2.45, 2.75) is 258 Å². The van der Waals surface area contributed by atoms with Crippen molar-refractivity contribution in [2.75, 3.05) is 13.2 Å². The van der Waals surface area contributed by atoms with Crippen molar-refractivity contribution >= 4 is 17.9 Å². The Balaban J connectivity index is 4.29. The lowest BCUT2D eigenvalue weighted by Gasteiger charge is -2.18. The summed E-state index contributed by atoms with van der Waals surface area (Å²) >= 11 is 0. The van der Waals surface area contributed by atoms with Gasteiger partial charge in [0.15, 0.2) is 6.10 Å². The van der Waals surface area contributed by atoms with Crippen molar-refractivity contribution in [3.05, 3.63) is 48.6 Å². The van der Waals surface area contributed by atoms with Crippen molar-refractivity contribution < 1.29 is 28.6 Å². The Kier molecular flexibility index (Phi) is 45.9. The molecular formula is C53H94O6. The van der Waals surface area contributed by atoms with E-state index in [2.05, 4.69) is 69.4 Å². The van der Waals surface area contributed by atoms with Crippen LogP contribution in [-0.2, 0) is 28.6 Å². The molecule has 0 aromatic rings. The van der Waals surface area contributed by atoms with Crippen LogP contribution in [0.5, 0.6) is 0 Å². The van der Waals surface area contributed by atoms with Crippen LogP contribution >= 0.6 is 0 Å². The molecule has 1 unspecified atom stereocenters. The van der Waals surface area contributed by atoms with E-state index in [1.54, 1.807) is 0 Å². The van der Waals surface area contributed by atoms with Crippen LogP contribution in [0.1, 0.15) is 252 Å². The molecule has 342 valence electrons. The Bertz CT molecular complexity index is 1040. The molecular weight excluding hydrogens is 733 g/mol. The Morgan fingerprint density at radius 3 is 0.966 bits per heavy atom. The Morgan fingerprint density at radius 1 is 0.339 bits per heavy atom. The molecule has 59 heavy (non-hydrogen) atoms.